The fraction of sp³-hybridized carbons (Fsp3) is 1.00. The summed E-state index contributed by atoms with van der Waals surface area (Å²) in [5.41, 5.74) is 0.262. The van der Waals surface area contributed by atoms with Crippen molar-refractivity contribution in [3.05, 3.63) is 0 Å². The van der Waals surface area contributed by atoms with E-state index in [9.17, 15) is 5.11 Å². The van der Waals surface area contributed by atoms with Crippen molar-refractivity contribution < 1.29 is 9.84 Å². The summed E-state index contributed by atoms with van der Waals surface area (Å²) in [6, 6.07) is 0. The van der Waals surface area contributed by atoms with Crippen LogP contribution in [0.2, 0.25) is 0 Å². The Kier molecular flexibility index (Phi) is 3.74. The first-order valence-corrected chi connectivity index (χ1v) is 5.28. The number of ether oxygens (including phenoxy) is 1. The third-order valence-electron chi connectivity index (χ3n) is 3.15. The Labute approximate surface area is 81.3 Å². The van der Waals surface area contributed by atoms with Crippen LogP contribution < -0.4 is 0 Å². The third-order valence-corrected chi connectivity index (χ3v) is 3.15. The van der Waals surface area contributed by atoms with Crippen molar-refractivity contribution in [2.75, 3.05) is 13.2 Å². The van der Waals surface area contributed by atoms with E-state index in [1.165, 1.54) is 0 Å². The maximum absolute atomic E-state index is 9.39. The fourth-order valence-electron chi connectivity index (χ4n) is 2.41. The van der Waals surface area contributed by atoms with E-state index in [1.807, 2.05) is 6.92 Å². The van der Waals surface area contributed by atoms with Crippen molar-refractivity contribution in [1.29, 1.82) is 0 Å². The molecule has 1 fully saturated rings. The molecule has 0 aromatic carbocycles. The van der Waals surface area contributed by atoms with Gasteiger partial charge in [0.1, 0.15) is 0 Å². The second-order valence-corrected chi connectivity index (χ2v) is 4.93. The van der Waals surface area contributed by atoms with Crippen molar-refractivity contribution in [3.63, 3.8) is 0 Å². The number of hydrogen-bond acceptors (Lipinski definition) is 2. The number of aliphatic hydroxyl groups excluding tert-OH is 1. The van der Waals surface area contributed by atoms with Crippen LogP contribution in [0.1, 0.15) is 40.0 Å². The molecule has 1 atom stereocenters. The molecule has 1 heterocycles. The molecule has 1 N–H and O–H groups in total. The lowest BCUT2D eigenvalue weighted by Gasteiger charge is -2.37. The highest BCUT2D eigenvalue weighted by atomic mass is 16.5. The minimum Gasteiger partial charge on any atom is -0.393 e. The summed E-state index contributed by atoms with van der Waals surface area (Å²) in [5, 5.41) is 9.39. The van der Waals surface area contributed by atoms with E-state index < -0.39 is 0 Å². The Morgan fingerprint density at radius 3 is 2.38 bits per heavy atom. The summed E-state index contributed by atoms with van der Waals surface area (Å²) in [6.45, 7) is 8.19. The molecule has 2 heteroatoms. The molecule has 1 aliphatic heterocycles. The number of aliphatic hydroxyl groups is 1. The van der Waals surface area contributed by atoms with Gasteiger partial charge in [0, 0.05) is 13.2 Å². The Morgan fingerprint density at radius 2 is 1.92 bits per heavy atom. The Bertz CT molecular complexity index is 146. The average Bonchev–Trinajstić information content (AvgIpc) is 2.04. The van der Waals surface area contributed by atoms with Crippen LogP contribution in [0, 0.1) is 11.3 Å². The highest BCUT2D eigenvalue weighted by Gasteiger charge is 2.31. The van der Waals surface area contributed by atoms with Crippen LogP contribution in [0.15, 0.2) is 0 Å². The minimum atomic E-state index is -0.183. The molecule has 1 rings (SSSR count). The predicted octanol–water partition coefficient (Wildman–Crippen LogP) is 2.21. The molecule has 78 valence electrons. The molecule has 13 heavy (non-hydrogen) atoms. The number of rotatable bonds is 3. The summed E-state index contributed by atoms with van der Waals surface area (Å²) in [5.74, 6) is 0.718. The Balaban J connectivity index is 2.45. The van der Waals surface area contributed by atoms with Gasteiger partial charge in [0.2, 0.25) is 0 Å². The van der Waals surface area contributed by atoms with Gasteiger partial charge in [-0.25, -0.2) is 0 Å². The first-order chi connectivity index (χ1) is 6.02. The van der Waals surface area contributed by atoms with E-state index in [1.54, 1.807) is 0 Å². The molecule has 1 saturated heterocycles. The van der Waals surface area contributed by atoms with Crippen molar-refractivity contribution in [1.82, 2.24) is 0 Å². The monoisotopic (exact) mass is 186 g/mol. The SMILES string of the molecule is CC(O)CC(C)(C)C1CCOCC1. The van der Waals surface area contributed by atoms with Gasteiger partial charge in [0.25, 0.3) is 0 Å². The van der Waals surface area contributed by atoms with E-state index >= 15 is 0 Å². The van der Waals surface area contributed by atoms with Crippen molar-refractivity contribution in [3.8, 4) is 0 Å². The predicted molar refractivity (Wildman–Crippen MR) is 53.6 cm³/mol. The second kappa shape index (κ2) is 4.43. The zero-order valence-corrected chi connectivity index (χ0v) is 9.05. The highest BCUT2D eigenvalue weighted by Crippen LogP contribution is 2.37. The van der Waals surface area contributed by atoms with Gasteiger partial charge in [-0.2, -0.15) is 0 Å². The molecule has 1 aliphatic rings. The molecule has 0 spiro atoms. The zero-order valence-electron chi connectivity index (χ0n) is 9.05. The number of hydrogen-bond donors (Lipinski definition) is 1. The van der Waals surface area contributed by atoms with Crippen molar-refractivity contribution in [2.24, 2.45) is 11.3 Å². The second-order valence-electron chi connectivity index (χ2n) is 4.93. The van der Waals surface area contributed by atoms with Crippen LogP contribution in [-0.2, 0) is 4.74 Å². The van der Waals surface area contributed by atoms with Gasteiger partial charge < -0.3 is 9.84 Å². The van der Waals surface area contributed by atoms with Crippen LogP contribution in [0.4, 0.5) is 0 Å². The highest BCUT2D eigenvalue weighted by molar-refractivity contribution is 4.81. The van der Waals surface area contributed by atoms with E-state index in [0.29, 0.717) is 0 Å². The first-order valence-electron chi connectivity index (χ1n) is 5.28. The lowest BCUT2D eigenvalue weighted by Crippen LogP contribution is -2.32. The molecule has 0 bridgehead atoms. The normalized spacial score (nSPS) is 23.1. The standard InChI is InChI=1S/C11H22O2/c1-9(12)8-11(2,3)10-4-6-13-7-5-10/h9-10,12H,4-8H2,1-3H3. The van der Waals surface area contributed by atoms with E-state index in [-0.39, 0.29) is 11.5 Å². The molecule has 2 nitrogen and oxygen atoms in total. The minimum absolute atomic E-state index is 0.183. The average molecular weight is 186 g/mol. The van der Waals surface area contributed by atoms with Gasteiger partial charge in [-0.3, -0.25) is 0 Å². The largest absolute Gasteiger partial charge is 0.393 e. The maximum Gasteiger partial charge on any atom is 0.0517 e. The third kappa shape index (κ3) is 3.28. The molecular weight excluding hydrogens is 164 g/mol. The molecule has 1 unspecified atom stereocenters. The van der Waals surface area contributed by atoms with Crippen molar-refractivity contribution in [2.45, 2.75) is 46.1 Å². The van der Waals surface area contributed by atoms with Crippen molar-refractivity contribution >= 4 is 0 Å². The zero-order chi connectivity index (χ0) is 9.90. The molecule has 0 aromatic heterocycles. The fourth-order valence-corrected chi connectivity index (χ4v) is 2.41. The van der Waals surface area contributed by atoms with Crippen LogP contribution in [0.5, 0.6) is 0 Å². The molecule has 0 amide bonds. The van der Waals surface area contributed by atoms with E-state index in [2.05, 4.69) is 13.8 Å². The quantitative estimate of drug-likeness (QED) is 0.732. The van der Waals surface area contributed by atoms with Crippen LogP contribution >= 0.6 is 0 Å². The topological polar surface area (TPSA) is 29.5 Å². The van der Waals surface area contributed by atoms with Gasteiger partial charge in [0.15, 0.2) is 0 Å². The summed E-state index contributed by atoms with van der Waals surface area (Å²) >= 11 is 0. The molecule has 0 aliphatic carbocycles. The van der Waals surface area contributed by atoms with Gasteiger partial charge in [0.05, 0.1) is 6.10 Å². The molecular formula is C11H22O2. The molecule has 0 aromatic rings. The van der Waals surface area contributed by atoms with Crippen LogP contribution in [0.25, 0.3) is 0 Å². The van der Waals surface area contributed by atoms with E-state index in [4.69, 9.17) is 4.74 Å². The molecule has 0 saturated carbocycles. The first kappa shape index (κ1) is 11.0. The van der Waals surface area contributed by atoms with Gasteiger partial charge in [-0.15, -0.1) is 0 Å². The summed E-state index contributed by atoms with van der Waals surface area (Å²) < 4.78 is 5.34. The lowest BCUT2D eigenvalue weighted by atomic mass is 9.71. The Morgan fingerprint density at radius 1 is 1.38 bits per heavy atom. The van der Waals surface area contributed by atoms with Gasteiger partial charge in [-0.05, 0) is 37.5 Å². The summed E-state index contributed by atoms with van der Waals surface area (Å²) in [4.78, 5) is 0. The smallest absolute Gasteiger partial charge is 0.0517 e. The van der Waals surface area contributed by atoms with Gasteiger partial charge >= 0.3 is 0 Å². The van der Waals surface area contributed by atoms with E-state index in [0.717, 1.165) is 38.4 Å². The Hall–Kier alpha value is -0.0800. The van der Waals surface area contributed by atoms with Crippen LogP contribution in [-0.4, -0.2) is 24.4 Å². The maximum atomic E-state index is 9.39. The summed E-state index contributed by atoms with van der Waals surface area (Å²) in [6.07, 6.45) is 3.02. The summed E-state index contributed by atoms with van der Waals surface area (Å²) in [7, 11) is 0. The van der Waals surface area contributed by atoms with Gasteiger partial charge in [-0.1, -0.05) is 13.8 Å². The van der Waals surface area contributed by atoms with Crippen LogP contribution in [0.3, 0.4) is 0 Å². The lowest BCUT2D eigenvalue weighted by molar-refractivity contribution is 0.00364. The molecule has 0 radical (unpaired) electrons.